The van der Waals surface area contributed by atoms with E-state index < -0.39 is 24.7 Å². The van der Waals surface area contributed by atoms with Gasteiger partial charge in [0.25, 0.3) is 0 Å². The molecule has 0 radical (unpaired) electrons. The number of carbonyl (C=O) groups is 1. The summed E-state index contributed by atoms with van der Waals surface area (Å²) in [5.41, 5.74) is 1.04. The molecule has 140 valence electrons. The van der Waals surface area contributed by atoms with Crippen molar-refractivity contribution in [3.05, 3.63) is 42.7 Å². The Morgan fingerprint density at radius 2 is 2.00 bits per heavy atom. The highest BCUT2D eigenvalue weighted by Crippen LogP contribution is 2.35. The number of hydrogen-bond donors (Lipinski definition) is 1. The smallest absolute Gasteiger partial charge is 0.358 e. The molecule has 1 fully saturated rings. The lowest BCUT2D eigenvalue weighted by Gasteiger charge is -2.19. The maximum Gasteiger partial charge on any atom is 0.406 e. The van der Waals surface area contributed by atoms with Gasteiger partial charge in [-0.15, -0.1) is 11.3 Å². The second kappa shape index (κ2) is 6.80. The number of halogens is 3. The van der Waals surface area contributed by atoms with Crippen molar-refractivity contribution in [1.29, 1.82) is 0 Å². The molecule has 0 bridgehead atoms. The predicted octanol–water partition coefficient (Wildman–Crippen LogP) is 3.93. The van der Waals surface area contributed by atoms with E-state index in [9.17, 15) is 18.0 Å². The molecule has 1 amide bonds. The zero-order valence-corrected chi connectivity index (χ0v) is 14.8. The zero-order chi connectivity index (χ0) is 19.0. The Kier molecular flexibility index (Phi) is 4.47. The second-order valence-corrected chi connectivity index (χ2v) is 7.31. The number of thiophene rings is 1. The number of benzene rings is 1. The lowest BCUT2D eigenvalue weighted by molar-refractivity contribution is -0.157. The van der Waals surface area contributed by atoms with Crippen LogP contribution in [-0.2, 0) is 4.79 Å². The summed E-state index contributed by atoms with van der Waals surface area (Å²) in [5.74, 6) is -0.0942. The van der Waals surface area contributed by atoms with Crippen LogP contribution >= 0.6 is 11.3 Å². The van der Waals surface area contributed by atoms with Crippen LogP contribution in [0.4, 0.5) is 19.0 Å². The number of aromatic nitrogens is 2. The first-order chi connectivity index (χ1) is 12.9. The minimum absolute atomic E-state index is 0.0726. The van der Waals surface area contributed by atoms with E-state index in [2.05, 4.69) is 15.3 Å². The number of nitrogens with zero attached hydrogens (tertiary/aromatic N) is 3. The van der Waals surface area contributed by atoms with E-state index in [1.807, 2.05) is 36.4 Å². The van der Waals surface area contributed by atoms with Crippen LogP contribution in [0.2, 0.25) is 0 Å². The first-order valence-electron chi connectivity index (χ1n) is 8.33. The summed E-state index contributed by atoms with van der Waals surface area (Å²) in [6.45, 7) is -1.15. The number of anilines is 1. The average molecular weight is 392 g/mol. The molecule has 3 aromatic rings. The summed E-state index contributed by atoms with van der Waals surface area (Å²) in [5, 5.41) is 3.76. The molecule has 4 rings (SSSR count). The van der Waals surface area contributed by atoms with Gasteiger partial charge in [0, 0.05) is 11.4 Å². The Bertz CT molecular complexity index is 974. The lowest BCUT2D eigenvalue weighted by atomic mass is 10.2. The molecular weight excluding hydrogens is 377 g/mol. The molecule has 1 aliphatic rings. The Morgan fingerprint density at radius 3 is 2.74 bits per heavy atom. The van der Waals surface area contributed by atoms with Crippen LogP contribution in [0.15, 0.2) is 42.7 Å². The number of rotatable bonds is 4. The summed E-state index contributed by atoms with van der Waals surface area (Å²) in [6.07, 6.45) is -2.70. The van der Waals surface area contributed by atoms with Crippen molar-refractivity contribution >= 4 is 33.3 Å². The molecular formula is C18H15F3N4OS. The van der Waals surface area contributed by atoms with Crippen molar-refractivity contribution < 1.29 is 18.0 Å². The maximum atomic E-state index is 12.6. The fourth-order valence-corrected chi connectivity index (χ4v) is 4.13. The highest BCUT2D eigenvalue weighted by molar-refractivity contribution is 7.21. The quantitative estimate of drug-likeness (QED) is 0.731. The number of hydrogen-bond acceptors (Lipinski definition) is 5. The molecule has 27 heavy (non-hydrogen) atoms. The summed E-state index contributed by atoms with van der Waals surface area (Å²) < 4.78 is 37.7. The SMILES string of the molecule is O=C1C(Nc2ncnc3sc(-c4ccccc4)cc23)CCN1CC(F)(F)F. The largest absolute Gasteiger partial charge is 0.406 e. The fourth-order valence-electron chi connectivity index (χ4n) is 3.13. The van der Waals surface area contributed by atoms with Crippen molar-refractivity contribution in [2.45, 2.75) is 18.6 Å². The van der Waals surface area contributed by atoms with E-state index in [0.717, 1.165) is 25.6 Å². The molecule has 3 heterocycles. The lowest BCUT2D eigenvalue weighted by Crippen LogP contribution is -2.39. The van der Waals surface area contributed by atoms with Gasteiger partial charge in [-0.3, -0.25) is 4.79 Å². The van der Waals surface area contributed by atoms with Crippen LogP contribution in [0.1, 0.15) is 6.42 Å². The highest BCUT2D eigenvalue weighted by atomic mass is 32.1. The molecule has 2 aromatic heterocycles. The van der Waals surface area contributed by atoms with Gasteiger partial charge in [-0.05, 0) is 18.1 Å². The van der Waals surface area contributed by atoms with Gasteiger partial charge in [-0.2, -0.15) is 13.2 Å². The summed E-state index contributed by atoms with van der Waals surface area (Å²) in [6, 6.07) is 11.0. The Labute approximate surface area is 156 Å². The highest BCUT2D eigenvalue weighted by Gasteiger charge is 2.39. The van der Waals surface area contributed by atoms with Crippen molar-refractivity contribution in [1.82, 2.24) is 14.9 Å². The molecule has 0 saturated carbocycles. The van der Waals surface area contributed by atoms with Crippen LogP contribution in [-0.4, -0.2) is 46.1 Å². The molecule has 0 aliphatic carbocycles. The van der Waals surface area contributed by atoms with E-state index in [4.69, 9.17) is 0 Å². The third kappa shape index (κ3) is 3.73. The van der Waals surface area contributed by atoms with Crippen molar-refractivity contribution in [3.63, 3.8) is 0 Å². The number of nitrogens with one attached hydrogen (secondary N) is 1. The molecule has 1 N–H and O–H groups in total. The third-order valence-corrected chi connectivity index (χ3v) is 5.46. The molecule has 1 atom stereocenters. The minimum Gasteiger partial charge on any atom is -0.358 e. The van der Waals surface area contributed by atoms with Crippen molar-refractivity contribution in [2.24, 2.45) is 0 Å². The normalized spacial score (nSPS) is 17.7. The van der Waals surface area contributed by atoms with Crippen LogP contribution < -0.4 is 5.32 Å². The Hall–Kier alpha value is -2.68. The van der Waals surface area contributed by atoms with Gasteiger partial charge in [0.15, 0.2) is 0 Å². The monoisotopic (exact) mass is 392 g/mol. The topological polar surface area (TPSA) is 58.1 Å². The standard InChI is InChI=1S/C18H15F3N4OS/c19-18(20,21)9-25-7-6-13(17(25)26)24-15-12-8-14(11-4-2-1-3-5-11)27-16(12)23-10-22-15/h1-5,8,10,13H,6-7,9H2,(H,22,23,24). The molecule has 0 spiro atoms. The predicted molar refractivity (Wildman–Crippen MR) is 97.5 cm³/mol. The van der Waals surface area contributed by atoms with Gasteiger partial charge < -0.3 is 10.2 Å². The van der Waals surface area contributed by atoms with E-state index in [1.165, 1.54) is 17.7 Å². The van der Waals surface area contributed by atoms with Crippen LogP contribution in [0.5, 0.6) is 0 Å². The maximum absolute atomic E-state index is 12.6. The van der Waals surface area contributed by atoms with E-state index >= 15 is 0 Å². The van der Waals surface area contributed by atoms with Crippen molar-refractivity contribution in [2.75, 3.05) is 18.4 Å². The number of fused-ring (bicyclic) bond motifs is 1. The fraction of sp³-hybridized carbons (Fsp3) is 0.278. The first-order valence-corrected chi connectivity index (χ1v) is 9.14. The zero-order valence-electron chi connectivity index (χ0n) is 14.0. The van der Waals surface area contributed by atoms with E-state index in [1.54, 1.807) is 0 Å². The second-order valence-electron chi connectivity index (χ2n) is 6.28. The van der Waals surface area contributed by atoms with E-state index in [0.29, 0.717) is 12.2 Å². The summed E-state index contributed by atoms with van der Waals surface area (Å²) >= 11 is 1.50. The Balaban J connectivity index is 1.58. The van der Waals surface area contributed by atoms with Gasteiger partial charge in [-0.25, -0.2) is 9.97 Å². The number of alkyl halides is 3. The molecule has 1 unspecified atom stereocenters. The van der Waals surface area contributed by atoms with Crippen molar-refractivity contribution in [3.8, 4) is 10.4 Å². The summed E-state index contributed by atoms with van der Waals surface area (Å²) in [4.78, 5) is 23.3. The minimum atomic E-state index is -4.40. The van der Waals surface area contributed by atoms with Crippen LogP contribution in [0.3, 0.4) is 0 Å². The molecule has 1 aliphatic heterocycles. The van der Waals surface area contributed by atoms with Crippen LogP contribution in [0, 0.1) is 0 Å². The summed E-state index contributed by atoms with van der Waals surface area (Å²) in [7, 11) is 0. The molecule has 9 heteroatoms. The average Bonchev–Trinajstić information content (AvgIpc) is 3.21. The van der Waals surface area contributed by atoms with Gasteiger partial charge >= 0.3 is 6.18 Å². The first kappa shape index (κ1) is 17.7. The number of amides is 1. The molecule has 1 saturated heterocycles. The Morgan fingerprint density at radius 1 is 1.22 bits per heavy atom. The number of carbonyl (C=O) groups excluding carboxylic acids is 1. The van der Waals surface area contributed by atoms with Gasteiger partial charge in [0.2, 0.25) is 5.91 Å². The van der Waals surface area contributed by atoms with Gasteiger partial charge in [-0.1, -0.05) is 30.3 Å². The van der Waals surface area contributed by atoms with Crippen LogP contribution in [0.25, 0.3) is 20.7 Å². The molecule has 5 nitrogen and oxygen atoms in total. The van der Waals surface area contributed by atoms with Gasteiger partial charge in [0.1, 0.15) is 29.6 Å². The van der Waals surface area contributed by atoms with Gasteiger partial charge in [0.05, 0.1) is 5.39 Å². The third-order valence-electron chi connectivity index (χ3n) is 4.37. The molecule has 1 aromatic carbocycles. The van der Waals surface area contributed by atoms with E-state index in [-0.39, 0.29) is 6.54 Å². The number of likely N-dealkylation sites (tertiary alicyclic amines) is 1.